The van der Waals surface area contributed by atoms with Crippen LogP contribution < -0.4 is 4.74 Å². The van der Waals surface area contributed by atoms with Crippen LogP contribution in [0.2, 0.25) is 0 Å². The van der Waals surface area contributed by atoms with Crippen molar-refractivity contribution in [2.24, 2.45) is 0 Å². The molecule has 0 aliphatic rings. The molecule has 4 nitrogen and oxygen atoms in total. The van der Waals surface area contributed by atoms with E-state index in [2.05, 4.69) is 0 Å². The summed E-state index contributed by atoms with van der Waals surface area (Å²) in [5.41, 5.74) is 2.37. The van der Waals surface area contributed by atoms with Gasteiger partial charge in [-0.15, -0.1) is 0 Å². The molecule has 138 valence electrons. The van der Waals surface area contributed by atoms with Gasteiger partial charge in [0.05, 0.1) is 7.11 Å². The lowest BCUT2D eigenvalue weighted by Gasteiger charge is -2.24. The highest BCUT2D eigenvalue weighted by molar-refractivity contribution is 5.99. The molecule has 4 heteroatoms. The van der Waals surface area contributed by atoms with Crippen molar-refractivity contribution in [2.75, 3.05) is 14.2 Å². The second-order valence-electron chi connectivity index (χ2n) is 6.00. The highest BCUT2D eigenvalue weighted by Gasteiger charge is 2.26. The molecule has 3 aromatic carbocycles. The molecular formula is C23H22O4. The average Bonchev–Trinajstić information content (AvgIpc) is 2.75. The van der Waals surface area contributed by atoms with Crippen LogP contribution in [0.25, 0.3) is 0 Å². The lowest BCUT2D eigenvalue weighted by atomic mass is 10.0. The van der Waals surface area contributed by atoms with Crippen molar-refractivity contribution in [3.05, 3.63) is 102 Å². The fourth-order valence-corrected chi connectivity index (χ4v) is 2.87. The van der Waals surface area contributed by atoms with Gasteiger partial charge in [0.2, 0.25) is 12.1 Å². The van der Waals surface area contributed by atoms with Crippen LogP contribution in [0, 0.1) is 0 Å². The molecule has 27 heavy (non-hydrogen) atoms. The van der Waals surface area contributed by atoms with Gasteiger partial charge in [-0.25, -0.2) is 0 Å². The van der Waals surface area contributed by atoms with Gasteiger partial charge in [0.25, 0.3) is 0 Å². The lowest BCUT2D eigenvalue weighted by molar-refractivity contribution is -0.118. The summed E-state index contributed by atoms with van der Waals surface area (Å²) in [5, 5.41) is 0. The molecule has 0 aromatic heterocycles. The monoisotopic (exact) mass is 362 g/mol. The highest BCUT2D eigenvalue weighted by Crippen LogP contribution is 2.28. The van der Waals surface area contributed by atoms with Gasteiger partial charge >= 0.3 is 0 Å². The van der Waals surface area contributed by atoms with E-state index in [9.17, 15) is 4.79 Å². The summed E-state index contributed by atoms with van der Waals surface area (Å²) in [5.74, 6) is 0.353. The molecule has 0 aliphatic heterocycles. The second kappa shape index (κ2) is 9.12. The van der Waals surface area contributed by atoms with Crippen molar-refractivity contribution in [3.8, 4) is 5.75 Å². The zero-order chi connectivity index (χ0) is 19.1. The first-order valence-electron chi connectivity index (χ1n) is 8.69. The molecule has 0 fully saturated rings. The number of rotatable bonds is 8. The van der Waals surface area contributed by atoms with Crippen molar-refractivity contribution < 1.29 is 19.0 Å². The summed E-state index contributed by atoms with van der Waals surface area (Å²) in [6.45, 7) is 0. The van der Waals surface area contributed by atoms with Crippen LogP contribution in [0.3, 0.4) is 0 Å². The second-order valence-corrected chi connectivity index (χ2v) is 6.00. The Morgan fingerprint density at radius 2 is 1.37 bits per heavy atom. The third-order valence-electron chi connectivity index (χ3n) is 4.25. The van der Waals surface area contributed by atoms with E-state index in [0.29, 0.717) is 11.3 Å². The van der Waals surface area contributed by atoms with E-state index in [1.807, 2.05) is 60.7 Å². The highest BCUT2D eigenvalue weighted by atomic mass is 16.7. The van der Waals surface area contributed by atoms with Crippen molar-refractivity contribution in [3.63, 3.8) is 0 Å². The molecule has 0 saturated carbocycles. The van der Waals surface area contributed by atoms with Gasteiger partial charge in [0.1, 0.15) is 11.9 Å². The summed E-state index contributed by atoms with van der Waals surface area (Å²) in [4.78, 5) is 12.9. The van der Waals surface area contributed by atoms with Crippen LogP contribution in [0.5, 0.6) is 5.75 Å². The Labute approximate surface area is 159 Å². The van der Waals surface area contributed by atoms with Crippen LogP contribution in [0.4, 0.5) is 0 Å². The fourth-order valence-electron chi connectivity index (χ4n) is 2.87. The Morgan fingerprint density at radius 3 is 1.89 bits per heavy atom. The predicted molar refractivity (Wildman–Crippen MR) is 104 cm³/mol. The van der Waals surface area contributed by atoms with Crippen LogP contribution >= 0.6 is 0 Å². The van der Waals surface area contributed by atoms with E-state index in [0.717, 1.165) is 11.1 Å². The zero-order valence-electron chi connectivity index (χ0n) is 15.4. The molecule has 0 saturated heterocycles. The van der Waals surface area contributed by atoms with Crippen molar-refractivity contribution >= 4 is 5.78 Å². The first-order valence-corrected chi connectivity index (χ1v) is 8.69. The fraction of sp³-hybridized carbons (Fsp3) is 0.174. The first-order chi connectivity index (χ1) is 13.2. The standard InChI is InChI=1S/C23H22O4/c1-25-20-15-9-14-19(16-20)21(24)23(26-2)27-22(17-10-5-3-6-11-17)18-12-7-4-8-13-18/h3-16,22-23H,1-2H3. The van der Waals surface area contributed by atoms with E-state index in [4.69, 9.17) is 14.2 Å². The largest absolute Gasteiger partial charge is 0.497 e. The van der Waals surface area contributed by atoms with Crippen LogP contribution in [0.1, 0.15) is 27.6 Å². The summed E-state index contributed by atoms with van der Waals surface area (Å²) < 4.78 is 16.8. The Morgan fingerprint density at radius 1 is 0.778 bits per heavy atom. The lowest BCUT2D eigenvalue weighted by Crippen LogP contribution is -2.28. The van der Waals surface area contributed by atoms with Crippen molar-refractivity contribution in [1.29, 1.82) is 0 Å². The number of Topliss-reactive ketones (excluding diaryl/α,β-unsaturated/α-hetero) is 1. The van der Waals surface area contributed by atoms with E-state index < -0.39 is 12.4 Å². The maximum absolute atomic E-state index is 12.9. The van der Waals surface area contributed by atoms with Crippen LogP contribution in [-0.4, -0.2) is 26.3 Å². The number of methoxy groups -OCH3 is 2. The van der Waals surface area contributed by atoms with E-state index >= 15 is 0 Å². The van der Waals surface area contributed by atoms with Crippen LogP contribution in [-0.2, 0) is 9.47 Å². The number of carbonyl (C=O) groups is 1. The molecule has 0 amide bonds. The molecule has 1 atom stereocenters. The summed E-state index contributed by atoms with van der Waals surface area (Å²) >= 11 is 0. The summed E-state index contributed by atoms with van der Waals surface area (Å²) in [6.07, 6.45) is -1.46. The Bertz CT molecular complexity index is 822. The summed E-state index contributed by atoms with van der Waals surface area (Å²) in [6, 6.07) is 26.5. The van der Waals surface area contributed by atoms with Crippen molar-refractivity contribution in [1.82, 2.24) is 0 Å². The molecule has 0 heterocycles. The molecule has 0 spiro atoms. The molecule has 1 unspecified atom stereocenters. The number of ketones is 1. The molecule has 0 radical (unpaired) electrons. The number of hydrogen-bond acceptors (Lipinski definition) is 4. The van der Waals surface area contributed by atoms with E-state index in [-0.39, 0.29) is 5.78 Å². The number of carbonyl (C=O) groups excluding carboxylic acids is 1. The maximum Gasteiger partial charge on any atom is 0.223 e. The Hall–Kier alpha value is -2.95. The Balaban J connectivity index is 1.90. The Kier molecular flexibility index (Phi) is 6.36. The SMILES string of the molecule is COc1cccc(C(=O)C(OC)OC(c2ccccc2)c2ccccc2)c1. The quantitative estimate of drug-likeness (QED) is 0.432. The maximum atomic E-state index is 12.9. The first kappa shape index (κ1) is 18.8. The third kappa shape index (κ3) is 4.61. The number of ether oxygens (including phenoxy) is 3. The van der Waals surface area contributed by atoms with Gasteiger partial charge in [-0.05, 0) is 23.3 Å². The minimum absolute atomic E-state index is 0.256. The number of hydrogen-bond donors (Lipinski definition) is 0. The number of benzene rings is 3. The molecule has 0 aliphatic carbocycles. The third-order valence-corrected chi connectivity index (χ3v) is 4.25. The van der Waals surface area contributed by atoms with E-state index in [1.54, 1.807) is 31.4 Å². The smallest absolute Gasteiger partial charge is 0.223 e. The molecule has 3 rings (SSSR count). The molecule has 3 aromatic rings. The minimum atomic E-state index is -1.04. The summed E-state index contributed by atoms with van der Waals surface area (Å²) in [7, 11) is 3.03. The topological polar surface area (TPSA) is 44.8 Å². The average molecular weight is 362 g/mol. The van der Waals surface area contributed by atoms with Gasteiger partial charge < -0.3 is 14.2 Å². The van der Waals surface area contributed by atoms with Crippen LogP contribution in [0.15, 0.2) is 84.9 Å². The normalized spacial score (nSPS) is 12.0. The van der Waals surface area contributed by atoms with Gasteiger partial charge in [-0.2, -0.15) is 0 Å². The predicted octanol–water partition coefficient (Wildman–Crippen LogP) is 4.66. The van der Waals surface area contributed by atoms with Gasteiger partial charge in [0.15, 0.2) is 0 Å². The molecule has 0 N–H and O–H groups in total. The van der Waals surface area contributed by atoms with Gasteiger partial charge in [0, 0.05) is 12.7 Å². The molecule has 0 bridgehead atoms. The van der Waals surface area contributed by atoms with Gasteiger partial charge in [-0.3, -0.25) is 4.79 Å². The van der Waals surface area contributed by atoms with Gasteiger partial charge in [-0.1, -0.05) is 72.8 Å². The van der Waals surface area contributed by atoms with Crippen molar-refractivity contribution in [2.45, 2.75) is 12.4 Å². The zero-order valence-corrected chi connectivity index (χ0v) is 15.4. The molecular weight excluding hydrogens is 340 g/mol. The minimum Gasteiger partial charge on any atom is -0.497 e. The van der Waals surface area contributed by atoms with E-state index in [1.165, 1.54) is 7.11 Å².